The highest BCUT2D eigenvalue weighted by Gasteiger charge is 2.24. The van der Waals surface area contributed by atoms with Gasteiger partial charge in [-0.1, -0.05) is 51.4 Å². The van der Waals surface area contributed by atoms with Gasteiger partial charge in [0.15, 0.2) is 5.16 Å². The highest BCUT2D eigenvalue weighted by atomic mass is 79.9. The van der Waals surface area contributed by atoms with Crippen LogP contribution < -0.4 is 11.0 Å². The van der Waals surface area contributed by atoms with Gasteiger partial charge in [-0.15, -0.1) is 11.3 Å². The number of nitrogens with one attached hydrogen (secondary N) is 1. The summed E-state index contributed by atoms with van der Waals surface area (Å²) in [7, 11) is 0. The third-order valence-corrected chi connectivity index (χ3v) is 8.64. The van der Waals surface area contributed by atoms with Gasteiger partial charge in [-0.2, -0.15) is 5.10 Å². The lowest BCUT2D eigenvalue weighted by Crippen LogP contribution is -2.24. The summed E-state index contributed by atoms with van der Waals surface area (Å²) in [6, 6.07) is 14.8. The SMILES string of the molecule is CC(=NNC(=O)CSc1nc2sc3c(c2c(=O)n1-c1ccc(Cl)cc1)CCC3)c1ccc(Br)cc1. The number of nitrogens with zero attached hydrogens (tertiary/aromatic N) is 3. The number of carbonyl (C=O) groups is 1. The third-order valence-electron chi connectivity index (χ3n) is 5.74. The van der Waals surface area contributed by atoms with Crippen molar-refractivity contribution >= 4 is 72.5 Å². The predicted octanol–water partition coefficient (Wildman–Crippen LogP) is 5.98. The fourth-order valence-electron chi connectivity index (χ4n) is 4.00. The first-order chi connectivity index (χ1) is 16.9. The van der Waals surface area contributed by atoms with Crippen molar-refractivity contribution in [2.24, 2.45) is 5.10 Å². The second-order valence-corrected chi connectivity index (χ2v) is 11.5. The molecule has 2 aromatic heterocycles. The number of benzene rings is 2. The topological polar surface area (TPSA) is 76.3 Å². The molecule has 0 radical (unpaired) electrons. The molecule has 1 aliphatic rings. The van der Waals surface area contributed by atoms with Crippen molar-refractivity contribution in [3.63, 3.8) is 0 Å². The van der Waals surface area contributed by atoms with Gasteiger partial charge < -0.3 is 0 Å². The van der Waals surface area contributed by atoms with Crippen LogP contribution in [0.1, 0.15) is 29.3 Å². The van der Waals surface area contributed by atoms with E-state index in [4.69, 9.17) is 16.6 Å². The molecule has 178 valence electrons. The number of hydrogen-bond acceptors (Lipinski definition) is 6. The summed E-state index contributed by atoms with van der Waals surface area (Å²) in [6.45, 7) is 1.83. The Bertz CT molecular complexity index is 1510. The number of amides is 1. The Kier molecular flexibility index (Phi) is 7.11. The maximum Gasteiger partial charge on any atom is 0.267 e. The van der Waals surface area contributed by atoms with E-state index in [9.17, 15) is 9.59 Å². The summed E-state index contributed by atoms with van der Waals surface area (Å²) >= 11 is 12.3. The first kappa shape index (κ1) is 24.2. The molecule has 2 heterocycles. The lowest BCUT2D eigenvalue weighted by atomic mass is 10.1. The fourth-order valence-corrected chi connectivity index (χ4v) is 6.50. The third kappa shape index (κ3) is 5.09. The summed E-state index contributed by atoms with van der Waals surface area (Å²) in [4.78, 5) is 33.0. The monoisotopic (exact) mass is 586 g/mol. The summed E-state index contributed by atoms with van der Waals surface area (Å²) in [5.74, 6) is -0.217. The second kappa shape index (κ2) is 10.3. The van der Waals surface area contributed by atoms with Gasteiger partial charge in [0, 0.05) is 14.4 Å². The quantitative estimate of drug-likeness (QED) is 0.130. The molecule has 0 aliphatic heterocycles. The van der Waals surface area contributed by atoms with E-state index < -0.39 is 0 Å². The van der Waals surface area contributed by atoms with Crippen molar-refractivity contribution in [2.75, 3.05) is 5.75 Å². The Labute approximate surface area is 223 Å². The molecule has 0 saturated carbocycles. The molecular weight excluding hydrogens is 568 g/mol. The maximum absolute atomic E-state index is 13.7. The predicted molar refractivity (Wildman–Crippen MR) is 147 cm³/mol. The van der Waals surface area contributed by atoms with Gasteiger partial charge in [0.05, 0.1) is 22.5 Å². The Morgan fingerprint density at radius 1 is 1.20 bits per heavy atom. The molecular formula is C25H20BrClN4O2S2. The minimum Gasteiger partial charge on any atom is -0.272 e. The molecule has 1 aliphatic carbocycles. The van der Waals surface area contributed by atoms with E-state index in [2.05, 4.69) is 26.5 Å². The van der Waals surface area contributed by atoms with Crippen LogP contribution in [0.4, 0.5) is 0 Å². The van der Waals surface area contributed by atoms with E-state index in [-0.39, 0.29) is 17.2 Å². The smallest absolute Gasteiger partial charge is 0.267 e. The van der Waals surface area contributed by atoms with Crippen molar-refractivity contribution < 1.29 is 4.79 Å². The van der Waals surface area contributed by atoms with Crippen LogP contribution in [0.15, 0.2) is 68.1 Å². The van der Waals surface area contributed by atoms with Crippen molar-refractivity contribution in [1.29, 1.82) is 0 Å². The second-order valence-electron chi connectivity index (χ2n) is 8.08. The summed E-state index contributed by atoms with van der Waals surface area (Å²) < 4.78 is 2.56. The number of fused-ring (bicyclic) bond motifs is 3. The van der Waals surface area contributed by atoms with Crippen LogP contribution in [0.3, 0.4) is 0 Å². The molecule has 1 N–H and O–H groups in total. The summed E-state index contributed by atoms with van der Waals surface area (Å²) in [5, 5.41) is 5.96. The highest BCUT2D eigenvalue weighted by molar-refractivity contribution is 9.10. The van der Waals surface area contributed by atoms with Crippen LogP contribution in [0, 0.1) is 0 Å². The van der Waals surface area contributed by atoms with Crippen molar-refractivity contribution in [3.05, 3.63) is 84.4 Å². The molecule has 10 heteroatoms. The first-order valence-electron chi connectivity index (χ1n) is 11.0. The molecule has 0 atom stereocenters. The Morgan fingerprint density at radius 2 is 1.94 bits per heavy atom. The fraction of sp³-hybridized carbons (Fsp3) is 0.200. The van der Waals surface area contributed by atoms with Crippen LogP contribution in [0.5, 0.6) is 0 Å². The number of hydrazone groups is 1. The van der Waals surface area contributed by atoms with Gasteiger partial charge in [0.1, 0.15) is 4.83 Å². The van der Waals surface area contributed by atoms with Crippen molar-refractivity contribution in [2.45, 2.75) is 31.3 Å². The molecule has 4 aromatic rings. The zero-order valence-corrected chi connectivity index (χ0v) is 22.7. The molecule has 35 heavy (non-hydrogen) atoms. The maximum atomic E-state index is 13.7. The summed E-state index contributed by atoms with van der Waals surface area (Å²) in [6.07, 6.45) is 2.95. The normalized spacial score (nSPS) is 13.3. The van der Waals surface area contributed by atoms with Gasteiger partial charge in [0.25, 0.3) is 11.5 Å². The van der Waals surface area contributed by atoms with Crippen LogP contribution in [0.2, 0.25) is 5.02 Å². The minimum atomic E-state index is -0.280. The zero-order valence-electron chi connectivity index (χ0n) is 18.7. The number of aromatic nitrogens is 2. The molecule has 2 aromatic carbocycles. The van der Waals surface area contributed by atoms with Gasteiger partial charge in [-0.05, 0) is 73.7 Å². The van der Waals surface area contributed by atoms with Crippen LogP contribution in [-0.2, 0) is 17.6 Å². The summed E-state index contributed by atoms with van der Waals surface area (Å²) in [5.41, 5.74) is 5.89. The number of thioether (sulfide) groups is 1. The average Bonchev–Trinajstić information content (AvgIpc) is 3.43. The van der Waals surface area contributed by atoms with E-state index in [1.165, 1.54) is 16.6 Å². The first-order valence-corrected chi connectivity index (χ1v) is 13.9. The van der Waals surface area contributed by atoms with E-state index in [0.717, 1.165) is 39.7 Å². The molecule has 6 nitrogen and oxygen atoms in total. The Hall–Kier alpha value is -2.46. The molecule has 0 spiro atoms. The van der Waals surface area contributed by atoms with E-state index in [0.29, 0.717) is 27.0 Å². The molecule has 0 saturated heterocycles. The van der Waals surface area contributed by atoms with Crippen LogP contribution >= 0.6 is 50.6 Å². The molecule has 0 fully saturated rings. The van der Waals surface area contributed by atoms with Gasteiger partial charge >= 0.3 is 0 Å². The molecule has 1 amide bonds. The Balaban J connectivity index is 1.42. The van der Waals surface area contributed by atoms with Crippen LogP contribution in [0.25, 0.3) is 15.9 Å². The van der Waals surface area contributed by atoms with E-state index in [1.807, 2.05) is 31.2 Å². The number of rotatable bonds is 6. The van der Waals surface area contributed by atoms with Gasteiger partial charge in [-0.25, -0.2) is 10.4 Å². The number of hydrogen-bond donors (Lipinski definition) is 1. The number of carbonyl (C=O) groups excluding carboxylic acids is 1. The zero-order chi connectivity index (χ0) is 24.5. The highest BCUT2D eigenvalue weighted by Crippen LogP contribution is 2.36. The molecule has 0 unspecified atom stereocenters. The van der Waals surface area contributed by atoms with E-state index >= 15 is 0 Å². The standard InChI is InChI=1S/C25H20BrClN4O2S2/c1-14(15-5-7-16(26)8-6-15)29-30-21(32)13-34-25-28-23-22(19-3-2-4-20(19)35-23)24(33)31(25)18-11-9-17(27)10-12-18/h5-12H,2-4,13H2,1H3,(H,30,32). The number of halogens is 2. The Morgan fingerprint density at radius 3 is 2.69 bits per heavy atom. The van der Waals surface area contributed by atoms with Gasteiger partial charge in [0.2, 0.25) is 0 Å². The van der Waals surface area contributed by atoms with Crippen molar-refractivity contribution in [1.82, 2.24) is 15.0 Å². The largest absolute Gasteiger partial charge is 0.272 e. The minimum absolute atomic E-state index is 0.0632. The van der Waals surface area contributed by atoms with E-state index in [1.54, 1.807) is 40.2 Å². The molecule has 5 rings (SSSR count). The number of aryl methyl sites for hydroxylation is 2. The number of thiophene rings is 1. The lowest BCUT2D eigenvalue weighted by molar-refractivity contribution is -0.118. The lowest BCUT2D eigenvalue weighted by Gasteiger charge is -2.12. The van der Waals surface area contributed by atoms with Gasteiger partial charge in [-0.3, -0.25) is 14.2 Å². The molecule has 0 bridgehead atoms. The van der Waals surface area contributed by atoms with Crippen molar-refractivity contribution in [3.8, 4) is 5.69 Å². The average molecular weight is 588 g/mol. The van der Waals surface area contributed by atoms with Crippen LogP contribution in [-0.4, -0.2) is 26.9 Å².